The number of rotatable bonds is 6. The Morgan fingerprint density at radius 3 is 2.69 bits per heavy atom. The van der Waals surface area contributed by atoms with Gasteiger partial charge in [0.15, 0.2) is 6.61 Å². The summed E-state index contributed by atoms with van der Waals surface area (Å²) in [6.45, 7) is 0.654. The molecule has 0 fully saturated rings. The molecule has 7 heteroatoms. The first-order valence-corrected chi connectivity index (χ1v) is 9.67. The summed E-state index contributed by atoms with van der Waals surface area (Å²) in [5.41, 5.74) is 2.28. The van der Waals surface area contributed by atoms with Crippen molar-refractivity contribution in [1.29, 1.82) is 0 Å². The fourth-order valence-electron chi connectivity index (χ4n) is 3.36. The summed E-state index contributed by atoms with van der Waals surface area (Å²) < 4.78 is 7.47. The molecule has 1 aromatic heterocycles. The van der Waals surface area contributed by atoms with Crippen molar-refractivity contribution in [2.75, 3.05) is 17.2 Å². The topological polar surface area (TPSA) is 72.4 Å². The Morgan fingerprint density at radius 2 is 1.93 bits per heavy atom. The number of nitrogens with one attached hydrogen (secondary N) is 2. The van der Waals surface area contributed by atoms with E-state index in [2.05, 4.69) is 15.2 Å². The summed E-state index contributed by atoms with van der Waals surface area (Å²) in [5.74, 6) is 0.249. The fraction of sp³-hybridized carbons (Fsp3) is 0.182. The fourth-order valence-corrected chi connectivity index (χ4v) is 3.48. The molecule has 2 amide bonds. The summed E-state index contributed by atoms with van der Waals surface area (Å²) in [7, 11) is 0. The Kier molecular flexibility index (Phi) is 5.53. The molecule has 2 heterocycles. The maximum atomic E-state index is 12.8. The highest BCUT2D eigenvalue weighted by atomic mass is 35.5. The molecule has 0 saturated carbocycles. The Balaban J connectivity index is 1.47. The molecule has 148 valence electrons. The highest BCUT2D eigenvalue weighted by Gasteiger charge is 2.19. The highest BCUT2D eigenvalue weighted by molar-refractivity contribution is 6.30. The highest BCUT2D eigenvalue weighted by Crippen LogP contribution is 2.31. The third-order valence-electron chi connectivity index (χ3n) is 4.77. The summed E-state index contributed by atoms with van der Waals surface area (Å²) in [5, 5.41) is 6.33. The molecule has 0 bridgehead atoms. The van der Waals surface area contributed by atoms with E-state index in [1.807, 2.05) is 48.8 Å². The second kappa shape index (κ2) is 8.41. The molecule has 2 aromatic carbocycles. The van der Waals surface area contributed by atoms with Crippen LogP contribution in [0, 0.1) is 0 Å². The molecule has 6 nitrogen and oxygen atoms in total. The molecular formula is C22H20ClN3O3. The van der Waals surface area contributed by atoms with Crippen LogP contribution in [0.25, 0.3) is 0 Å². The first kappa shape index (κ1) is 19.1. The molecule has 4 rings (SSSR count). The molecule has 0 unspecified atom stereocenters. The van der Waals surface area contributed by atoms with Crippen LogP contribution in [0.3, 0.4) is 0 Å². The molecule has 1 aliphatic rings. The van der Waals surface area contributed by atoms with Crippen LogP contribution < -0.4 is 15.4 Å². The Hall–Kier alpha value is -3.25. The van der Waals surface area contributed by atoms with Crippen molar-refractivity contribution in [3.05, 3.63) is 77.6 Å². The lowest BCUT2D eigenvalue weighted by Gasteiger charge is -2.20. The molecule has 1 aliphatic heterocycles. The SMILES string of the molecule is O=C(C[C@H](Cn1cccc1)c1ccc(Cl)cc1)Nc1ccc2c(c1)OCC(=O)N2. The lowest BCUT2D eigenvalue weighted by atomic mass is 9.95. The van der Waals surface area contributed by atoms with Gasteiger partial charge >= 0.3 is 0 Å². The molecule has 0 radical (unpaired) electrons. The predicted molar refractivity (Wildman–Crippen MR) is 112 cm³/mol. The van der Waals surface area contributed by atoms with Gasteiger partial charge in [-0.3, -0.25) is 9.59 Å². The van der Waals surface area contributed by atoms with Crippen molar-refractivity contribution in [2.45, 2.75) is 18.9 Å². The van der Waals surface area contributed by atoms with Gasteiger partial charge in [-0.25, -0.2) is 0 Å². The summed E-state index contributed by atoms with van der Waals surface area (Å²) in [6.07, 6.45) is 4.28. The van der Waals surface area contributed by atoms with Crippen molar-refractivity contribution >= 4 is 34.8 Å². The van der Waals surface area contributed by atoms with E-state index in [1.165, 1.54) is 0 Å². The van der Waals surface area contributed by atoms with Gasteiger partial charge in [-0.15, -0.1) is 0 Å². The van der Waals surface area contributed by atoms with Crippen LogP contribution in [-0.4, -0.2) is 23.0 Å². The molecular weight excluding hydrogens is 390 g/mol. The van der Waals surface area contributed by atoms with E-state index in [4.69, 9.17) is 16.3 Å². The van der Waals surface area contributed by atoms with Crippen molar-refractivity contribution in [3.8, 4) is 5.75 Å². The zero-order valence-corrected chi connectivity index (χ0v) is 16.4. The van der Waals surface area contributed by atoms with Crippen molar-refractivity contribution in [2.24, 2.45) is 0 Å². The zero-order chi connectivity index (χ0) is 20.2. The van der Waals surface area contributed by atoms with E-state index in [9.17, 15) is 9.59 Å². The van der Waals surface area contributed by atoms with E-state index in [1.54, 1.807) is 18.2 Å². The number of hydrogen-bond acceptors (Lipinski definition) is 3. The van der Waals surface area contributed by atoms with Crippen molar-refractivity contribution in [1.82, 2.24) is 4.57 Å². The summed E-state index contributed by atoms with van der Waals surface area (Å²) >= 11 is 6.02. The van der Waals surface area contributed by atoms with E-state index in [0.717, 1.165) is 5.56 Å². The number of carbonyl (C=O) groups is 2. The van der Waals surface area contributed by atoms with Crippen LogP contribution in [-0.2, 0) is 16.1 Å². The minimum Gasteiger partial charge on any atom is -0.482 e. The van der Waals surface area contributed by atoms with Gasteiger partial charge in [-0.1, -0.05) is 23.7 Å². The number of hydrogen-bond donors (Lipinski definition) is 2. The largest absolute Gasteiger partial charge is 0.482 e. The molecule has 3 aromatic rings. The number of carbonyl (C=O) groups excluding carboxylic acids is 2. The first-order valence-electron chi connectivity index (χ1n) is 9.29. The van der Waals surface area contributed by atoms with Gasteiger partial charge in [0, 0.05) is 48.1 Å². The quantitative estimate of drug-likeness (QED) is 0.638. The van der Waals surface area contributed by atoms with Crippen LogP contribution in [0.1, 0.15) is 17.9 Å². The Labute approximate surface area is 173 Å². The van der Waals surface area contributed by atoms with Gasteiger partial charge in [0.1, 0.15) is 5.75 Å². The zero-order valence-electron chi connectivity index (χ0n) is 15.6. The second-order valence-corrected chi connectivity index (χ2v) is 7.36. The smallest absolute Gasteiger partial charge is 0.262 e. The number of aromatic nitrogens is 1. The van der Waals surface area contributed by atoms with Gasteiger partial charge in [0.2, 0.25) is 5.91 Å². The van der Waals surface area contributed by atoms with Gasteiger partial charge in [-0.2, -0.15) is 0 Å². The number of benzene rings is 2. The second-order valence-electron chi connectivity index (χ2n) is 6.93. The average Bonchev–Trinajstić information content (AvgIpc) is 3.21. The standard InChI is InChI=1S/C22H20ClN3O3/c23-17-5-3-15(4-6-17)16(13-26-9-1-2-10-26)11-21(27)24-18-7-8-19-20(12-18)29-14-22(28)25-19/h1-10,12,16H,11,13-14H2,(H,24,27)(H,25,28)/t16-/m1/s1. The van der Waals surface area contributed by atoms with Gasteiger partial charge in [0.05, 0.1) is 5.69 Å². The molecule has 2 N–H and O–H groups in total. The van der Waals surface area contributed by atoms with Gasteiger partial charge in [-0.05, 0) is 42.0 Å². The van der Waals surface area contributed by atoms with Crippen LogP contribution in [0.4, 0.5) is 11.4 Å². The summed E-state index contributed by atoms with van der Waals surface area (Å²) in [4.78, 5) is 24.1. The van der Waals surface area contributed by atoms with E-state index in [-0.39, 0.29) is 24.3 Å². The normalized spacial score (nSPS) is 13.8. The van der Waals surface area contributed by atoms with Crippen molar-refractivity contribution < 1.29 is 14.3 Å². The molecule has 29 heavy (non-hydrogen) atoms. The molecule has 1 atom stereocenters. The van der Waals surface area contributed by atoms with Crippen molar-refractivity contribution in [3.63, 3.8) is 0 Å². The lowest BCUT2D eigenvalue weighted by Crippen LogP contribution is -2.25. The van der Waals surface area contributed by atoms with Crippen LogP contribution in [0.15, 0.2) is 67.0 Å². The van der Waals surface area contributed by atoms with Crippen LogP contribution in [0.2, 0.25) is 5.02 Å². The first-order chi connectivity index (χ1) is 14.1. The van der Waals surface area contributed by atoms with E-state index >= 15 is 0 Å². The lowest BCUT2D eigenvalue weighted by molar-refractivity contribution is -0.119. The van der Waals surface area contributed by atoms with E-state index in [0.29, 0.717) is 35.1 Å². The van der Waals surface area contributed by atoms with Gasteiger partial charge in [0.25, 0.3) is 5.91 Å². The minimum atomic E-state index is -0.190. The number of ether oxygens (including phenoxy) is 1. The minimum absolute atomic E-state index is 0.00664. The van der Waals surface area contributed by atoms with Crippen LogP contribution >= 0.6 is 11.6 Å². The molecule has 0 aliphatic carbocycles. The number of halogens is 1. The summed E-state index contributed by atoms with van der Waals surface area (Å²) in [6, 6.07) is 16.7. The Bertz CT molecular complexity index is 1020. The van der Waals surface area contributed by atoms with E-state index < -0.39 is 0 Å². The maximum Gasteiger partial charge on any atom is 0.262 e. The monoisotopic (exact) mass is 409 g/mol. The number of anilines is 2. The average molecular weight is 410 g/mol. The third-order valence-corrected chi connectivity index (χ3v) is 5.02. The van der Waals surface area contributed by atoms with Gasteiger partial charge < -0.3 is 19.9 Å². The Morgan fingerprint density at radius 1 is 1.17 bits per heavy atom. The number of fused-ring (bicyclic) bond motifs is 1. The molecule has 0 spiro atoms. The number of amides is 2. The van der Waals surface area contributed by atoms with Crippen LogP contribution in [0.5, 0.6) is 5.75 Å². The maximum absolute atomic E-state index is 12.8. The molecule has 0 saturated heterocycles. The third kappa shape index (κ3) is 4.78. The predicted octanol–water partition coefficient (Wildman–Crippen LogP) is 4.29. The number of nitrogens with zero attached hydrogens (tertiary/aromatic N) is 1.